The second-order valence-electron chi connectivity index (χ2n) is 8.55. The van der Waals surface area contributed by atoms with Crippen LogP contribution in [0.4, 0.5) is 4.39 Å². The van der Waals surface area contributed by atoms with Gasteiger partial charge in [0.25, 0.3) is 5.52 Å². The number of likely N-dealkylation sites (tertiary alicyclic amines) is 1. The van der Waals surface area contributed by atoms with E-state index in [1.165, 1.54) is 13.3 Å². The summed E-state index contributed by atoms with van der Waals surface area (Å²) < 4.78 is 31.5. The zero-order chi connectivity index (χ0) is 23.5. The molecule has 9 nitrogen and oxygen atoms in total. The summed E-state index contributed by atoms with van der Waals surface area (Å²) in [5.41, 5.74) is 2.00. The van der Waals surface area contributed by atoms with E-state index in [1.54, 1.807) is 18.3 Å². The normalized spacial score (nSPS) is 16.6. The van der Waals surface area contributed by atoms with E-state index in [0.717, 1.165) is 37.4 Å². The first-order chi connectivity index (χ1) is 16.6. The first kappa shape index (κ1) is 22.5. The minimum Gasteiger partial charge on any atom is -0.616 e. The van der Waals surface area contributed by atoms with Crippen LogP contribution in [0.2, 0.25) is 0 Å². The smallest absolute Gasteiger partial charge is 0.379 e. The Morgan fingerprint density at radius 1 is 1.18 bits per heavy atom. The number of methoxy groups -OCH3 is 1. The van der Waals surface area contributed by atoms with Crippen molar-refractivity contribution in [1.82, 2.24) is 20.2 Å². The molecule has 0 aliphatic carbocycles. The lowest BCUT2D eigenvalue weighted by molar-refractivity contribution is -0.585. The van der Waals surface area contributed by atoms with Gasteiger partial charge in [-0.15, -0.1) is 4.73 Å². The van der Waals surface area contributed by atoms with Gasteiger partial charge in [0.1, 0.15) is 18.7 Å². The number of hydrogen-bond acceptors (Lipinski definition) is 8. The molecule has 2 aliphatic rings. The molecule has 10 heteroatoms. The molecule has 1 saturated heterocycles. The molecular formula is C24H28FN5O4. The molecule has 34 heavy (non-hydrogen) atoms. The third-order valence-electron chi connectivity index (χ3n) is 6.45. The molecule has 5 heterocycles. The SMILES string of the molecule is COc1ccc2ncc(F)c(CCN3CCC(NCc4cc5c(cn4)OCCO5)CC3)c2[n+]1[O-]. The number of ether oxygens (including phenoxy) is 3. The maximum Gasteiger partial charge on any atom is 0.379 e. The lowest BCUT2D eigenvalue weighted by Crippen LogP contribution is -2.43. The van der Waals surface area contributed by atoms with Crippen molar-refractivity contribution < 1.29 is 23.3 Å². The second kappa shape index (κ2) is 9.94. The molecule has 2 aliphatic heterocycles. The zero-order valence-corrected chi connectivity index (χ0v) is 19.1. The molecule has 0 saturated carbocycles. The van der Waals surface area contributed by atoms with Crippen molar-refractivity contribution in [3.05, 3.63) is 52.9 Å². The van der Waals surface area contributed by atoms with Crippen molar-refractivity contribution in [1.29, 1.82) is 0 Å². The van der Waals surface area contributed by atoms with Gasteiger partial charge in [-0.2, -0.15) is 0 Å². The predicted octanol–water partition coefficient (Wildman–Crippen LogP) is 1.98. The van der Waals surface area contributed by atoms with Gasteiger partial charge in [0.2, 0.25) is 0 Å². The van der Waals surface area contributed by atoms with E-state index in [9.17, 15) is 9.60 Å². The van der Waals surface area contributed by atoms with Crippen LogP contribution in [0.15, 0.2) is 30.6 Å². The highest BCUT2D eigenvalue weighted by atomic mass is 19.1. The lowest BCUT2D eigenvalue weighted by Gasteiger charge is -2.32. The quantitative estimate of drug-likeness (QED) is 0.415. The van der Waals surface area contributed by atoms with Gasteiger partial charge in [0.05, 0.1) is 36.8 Å². The average Bonchev–Trinajstić information content (AvgIpc) is 2.88. The van der Waals surface area contributed by atoms with Crippen LogP contribution < -0.4 is 24.3 Å². The largest absolute Gasteiger partial charge is 0.616 e. The van der Waals surface area contributed by atoms with Gasteiger partial charge in [0, 0.05) is 25.2 Å². The summed E-state index contributed by atoms with van der Waals surface area (Å²) in [7, 11) is 1.42. The topological polar surface area (TPSA) is 95.7 Å². The maximum absolute atomic E-state index is 14.6. The highest BCUT2D eigenvalue weighted by Gasteiger charge is 2.23. The van der Waals surface area contributed by atoms with Crippen molar-refractivity contribution in [2.45, 2.75) is 31.8 Å². The predicted molar refractivity (Wildman–Crippen MR) is 122 cm³/mol. The Balaban J connectivity index is 1.15. The number of nitrogens with one attached hydrogen (secondary N) is 1. The van der Waals surface area contributed by atoms with Crippen molar-refractivity contribution in [2.24, 2.45) is 0 Å². The first-order valence-corrected chi connectivity index (χ1v) is 11.6. The van der Waals surface area contributed by atoms with E-state index in [-0.39, 0.29) is 11.4 Å². The summed E-state index contributed by atoms with van der Waals surface area (Å²) in [6.07, 6.45) is 5.31. The number of fused-ring (bicyclic) bond motifs is 2. The molecule has 3 aromatic rings. The lowest BCUT2D eigenvalue weighted by atomic mass is 10.0. The van der Waals surface area contributed by atoms with Crippen molar-refractivity contribution in [3.63, 3.8) is 0 Å². The van der Waals surface area contributed by atoms with Crippen LogP contribution in [0.1, 0.15) is 24.1 Å². The van der Waals surface area contributed by atoms with Crippen molar-refractivity contribution in [3.8, 4) is 17.4 Å². The van der Waals surface area contributed by atoms with Crippen molar-refractivity contribution >= 4 is 11.0 Å². The van der Waals surface area contributed by atoms with E-state index in [1.807, 2.05) is 6.07 Å². The Morgan fingerprint density at radius 2 is 1.97 bits per heavy atom. The zero-order valence-electron chi connectivity index (χ0n) is 19.1. The first-order valence-electron chi connectivity index (χ1n) is 11.6. The minimum atomic E-state index is -0.464. The van der Waals surface area contributed by atoms with E-state index in [4.69, 9.17) is 14.2 Å². The average molecular weight is 470 g/mol. The fourth-order valence-electron chi connectivity index (χ4n) is 4.56. The number of pyridine rings is 3. The fourth-order valence-corrected chi connectivity index (χ4v) is 4.56. The minimum absolute atomic E-state index is 0.126. The third kappa shape index (κ3) is 4.69. The van der Waals surface area contributed by atoms with E-state index < -0.39 is 5.82 Å². The number of aromatic nitrogens is 3. The molecular weight excluding hydrogens is 441 g/mol. The molecule has 1 N–H and O–H groups in total. The van der Waals surface area contributed by atoms with Gasteiger partial charge >= 0.3 is 5.88 Å². The van der Waals surface area contributed by atoms with Crippen LogP contribution >= 0.6 is 0 Å². The van der Waals surface area contributed by atoms with Gasteiger partial charge in [-0.1, -0.05) is 0 Å². The van der Waals surface area contributed by atoms with Crippen LogP contribution in [0.5, 0.6) is 17.4 Å². The molecule has 0 spiro atoms. The molecule has 0 atom stereocenters. The van der Waals surface area contributed by atoms with Gasteiger partial charge in [-0.05, 0) is 38.4 Å². The van der Waals surface area contributed by atoms with Crippen LogP contribution in [-0.4, -0.2) is 60.9 Å². The number of piperidine rings is 1. The Kier molecular flexibility index (Phi) is 6.59. The van der Waals surface area contributed by atoms with Crippen LogP contribution in [0.3, 0.4) is 0 Å². The maximum atomic E-state index is 14.6. The van der Waals surface area contributed by atoms with Gasteiger partial charge < -0.3 is 29.6 Å². The van der Waals surface area contributed by atoms with Crippen LogP contribution in [0.25, 0.3) is 11.0 Å². The highest BCUT2D eigenvalue weighted by molar-refractivity contribution is 5.75. The highest BCUT2D eigenvalue weighted by Crippen LogP contribution is 2.29. The molecule has 0 bridgehead atoms. The molecule has 3 aromatic heterocycles. The summed E-state index contributed by atoms with van der Waals surface area (Å²) in [5, 5.41) is 16.2. The Hall–Kier alpha value is -3.24. The number of halogens is 1. The second-order valence-corrected chi connectivity index (χ2v) is 8.55. The van der Waals surface area contributed by atoms with E-state index in [2.05, 4.69) is 20.2 Å². The van der Waals surface area contributed by atoms with Crippen LogP contribution in [-0.2, 0) is 13.0 Å². The fraction of sp³-hybridized carbons (Fsp3) is 0.458. The standard InChI is InChI=1S/C24H28FN5O4/c1-32-23-3-2-20-24(30(23)31)18(19(25)14-28-20)6-9-29-7-4-16(5-8-29)26-13-17-12-21-22(15-27-17)34-11-10-33-21/h2-3,12,14-16,26H,4-11,13H2,1H3. The Morgan fingerprint density at radius 3 is 2.76 bits per heavy atom. The van der Waals surface area contributed by atoms with Gasteiger partial charge in [-0.3, -0.25) is 4.98 Å². The summed E-state index contributed by atoms with van der Waals surface area (Å²) in [4.78, 5) is 10.8. The summed E-state index contributed by atoms with van der Waals surface area (Å²) in [6, 6.07) is 5.54. The Bertz CT molecular complexity index is 1170. The molecule has 5 rings (SSSR count). The molecule has 0 aromatic carbocycles. The Labute approximate surface area is 197 Å². The summed E-state index contributed by atoms with van der Waals surface area (Å²) >= 11 is 0. The molecule has 0 unspecified atom stereocenters. The van der Waals surface area contributed by atoms with Gasteiger partial charge in [0.15, 0.2) is 17.3 Å². The molecule has 0 radical (unpaired) electrons. The molecule has 1 fully saturated rings. The third-order valence-corrected chi connectivity index (χ3v) is 6.45. The monoisotopic (exact) mass is 469 g/mol. The van der Waals surface area contributed by atoms with Crippen molar-refractivity contribution in [2.75, 3.05) is 40.0 Å². The number of rotatable bonds is 7. The molecule has 180 valence electrons. The van der Waals surface area contributed by atoms with Gasteiger partial charge in [-0.25, -0.2) is 9.37 Å². The van der Waals surface area contributed by atoms with E-state index >= 15 is 0 Å². The van der Waals surface area contributed by atoms with E-state index in [0.29, 0.717) is 60.3 Å². The van der Waals surface area contributed by atoms with Crippen LogP contribution in [0, 0.1) is 11.0 Å². The molecule has 0 amide bonds. The summed E-state index contributed by atoms with van der Waals surface area (Å²) in [6.45, 7) is 4.25. The number of hydrogen-bond donors (Lipinski definition) is 1. The summed E-state index contributed by atoms with van der Waals surface area (Å²) in [5.74, 6) is 1.11. The number of nitrogens with zero attached hydrogens (tertiary/aromatic N) is 4.